The zero-order valence-corrected chi connectivity index (χ0v) is 17.0. The Balaban J connectivity index is 1.60. The Morgan fingerprint density at radius 1 is 1.28 bits per heavy atom. The molecule has 1 atom stereocenters. The summed E-state index contributed by atoms with van der Waals surface area (Å²) in [6.07, 6.45) is 1.47. The number of amides is 3. The second-order valence-electron chi connectivity index (χ2n) is 8.35. The predicted molar refractivity (Wildman–Crippen MR) is 106 cm³/mol. The van der Waals surface area contributed by atoms with Gasteiger partial charge in [-0.25, -0.2) is 0 Å². The van der Waals surface area contributed by atoms with Crippen molar-refractivity contribution in [3.05, 3.63) is 29.3 Å². The SMILES string of the molecule is CC(C)(C)OC(=O)CCCNc1cccc2c1CN(C1CCC(=O)NC1=O)C2=O. The lowest BCUT2D eigenvalue weighted by atomic mass is 10.0. The van der Waals surface area contributed by atoms with E-state index in [1.165, 1.54) is 4.90 Å². The highest BCUT2D eigenvalue weighted by molar-refractivity contribution is 6.06. The van der Waals surface area contributed by atoms with E-state index in [0.717, 1.165) is 11.3 Å². The lowest BCUT2D eigenvalue weighted by Gasteiger charge is -2.29. The molecule has 3 amide bonds. The Labute approximate surface area is 170 Å². The number of rotatable bonds is 6. The van der Waals surface area contributed by atoms with Gasteiger partial charge in [0.05, 0.1) is 0 Å². The summed E-state index contributed by atoms with van der Waals surface area (Å²) in [5, 5.41) is 5.59. The van der Waals surface area contributed by atoms with Crippen molar-refractivity contribution in [3.8, 4) is 0 Å². The Kier molecular flexibility index (Phi) is 5.91. The van der Waals surface area contributed by atoms with Gasteiger partial charge in [0, 0.05) is 42.7 Å². The van der Waals surface area contributed by atoms with Crippen LogP contribution in [-0.2, 0) is 25.7 Å². The number of carbonyl (C=O) groups excluding carboxylic acids is 4. The summed E-state index contributed by atoms with van der Waals surface area (Å²) in [6, 6.07) is 4.79. The van der Waals surface area contributed by atoms with E-state index >= 15 is 0 Å². The van der Waals surface area contributed by atoms with E-state index in [1.807, 2.05) is 26.8 Å². The Hall–Kier alpha value is -2.90. The molecule has 0 bridgehead atoms. The molecule has 8 nitrogen and oxygen atoms in total. The average Bonchev–Trinajstić information content (AvgIpc) is 2.95. The second-order valence-corrected chi connectivity index (χ2v) is 8.35. The minimum Gasteiger partial charge on any atom is -0.460 e. The van der Waals surface area contributed by atoms with E-state index in [4.69, 9.17) is 4.74 Å². The van der Waals surface area contributed by atoms with Crippen LogP contribution < -0.4 is 10.6 Å². The van der Waals surface area contributed by atoms with E-state index in [-0.39, 0.29) is 24.2 Å². The first kappa shape index (κ1) is 20.8. The summed E-state index contributed by atoms with van der Waals surface area (Å²) >= 11 is 0. The van der Waals surface area contributed by atoms with Crippen LogP contribution in [-0.4, -0.2) is 46.8 Å². The van der Waals surface area contributed by atoms with Crippen LogP contribution in [0.4, 0.5) is 5.69 Å². The molecule has 29 heavy (non-hydrogen) atoms. The van der Waals surface area contributed by atoms with Gasteiger partial charge < -0.3 is 15.0 Å². The molecule has 1 unspecified atom stereocenters. The van der Waals surface area contributed by atoms with Gasteiger partial charge in [0.15, 0.2) is 0 Å². The molecule has 0 saturated carbocycles. The molecule has 2 N–H and O–H groups in total. The number of nitrogens with one attached hydrogen (secondary N) is 2. The quantitative estimate of drug-likeness (QED) is 0.429. The fourth-order valence-corrected chi connectivity index (χ4v) is 3.60. The van der Waals surface area contributed by atoms with E-state index in [0.29, 0.717) is 37.9 Å². The molecule has 0 radical (unpaired) electrons. The molecule has 2 aliphatic rings. The van der Waals surface area contributed by atoms with Gasteiger partial charge >= 0.3 is 5.97 Å². The summed E-state index contributed by atoms with van der Waals surface area (Å²) in [7, 11) is 0. The largest absolute Gasteiger partial charge is 0.460 e. The van der Waals surface area contributed by atoms with Crippen molar-refractivity contribution in [2.75, 3.05) is 11.9 Å². The van der Waals surface area contributed by atoms with Crippen LogP contribution in [0.1, 0.15) is 62.4 Å². The van der Waals surface area contributed by atoms with Gasteiger partial charge in [-0.2, -0.15) is 0 Å². The van der Waals surface area contributed by atoms with Crippen molar-refractivity contribution in [2.24, 2.45) is 0 Å². The van der Waals surface area contributed by atoms with Crippen LogP contribution in [0.3, 0.4) is 0 Å². The number of benzene rings is 1. The molecule has 1 fully saturated rings. The summed E-state index contributed by atoms with van der Waals surface area (Å²) in [4.78, 5) is 49.7. The zero-order valence-electron chi connectivity index (χ0n) is 17.0. The molecule has 1 aromatic carbocycles. The summed E-state index contributed by atoms with van der Waals surface area (Å²) in [5.41, 5.74) is 1.71. The Morgan fingerprint density at radius 3 is 2.72 bits per heavy atom. The molecule has 2 aliphatic heterocycles. The number of fused-ring (bicyclic) bond motifs is 1. The van der Waals surface area contributed by atoms with E-state index in [9.17, 15) is 19.2 Å². The van der Waals surface area contributed by atoms with E-state index < -0.39 is 17.6 Å². The number of esters is 1. The normalized spacial score (nSPS) is 19.1. The number of ether oxygens (including phenoxy) is 1. The molecule has 0 spiro atoms. The molecule has 0 aromatic heterocycles. The van der Waals surface area contributed by atoms with Gasteiger partial charge in [0.25, 0.3) is 5.91 Å². The first-order valence-corrected chi connectivity index (χ1v) is 9.88. The van der Waals surface area contributed by atoms with Crippen molar-refractivity contribution in [3.63, 3.8) is 0 Å². The first-order chi connectivity index (χ1) is 13.7. The number of imide groups is 1. The van der Waals surface area contributed by atoms with Gasteiger partial charge in [-0.3, -0.25) is 24.5 Å². The number of hydrogen-bond donors (Lipinski definition) is 2. The summed E-state index contributed by atoms with van der Waals surface area (Å²) < 4.78 is 5.30. The second kappa shape index (κ2) is 8.23. The Morgan fingerprint density at radius 2 is 2.03 bits per heavy atom. The highest BCUT2D eigenvalue weighted by Gasteiger charge is 2.39. The predicted octanol–water partition coefficient (Wildman–Crippen LogP) is 1.98. The minimum atomic E-state index is -0.632. The lowest BCUT2D eigenvalue weighted by molar-refractivity contribution is -0.154. The van der Waals surface area contributed by atoms with Gasteiger partial charge in [-0.15, -0.1) is 0 Å². The third-order valence-corrected chi connectivity index (χ3v) is 4.88. The third-order valence-electron chi connectivity index (χ3n) is 4.88. The van der Waals surface area contributed by atoms with Crippen LogP contribution in [0.5, 0.6) is 0 Å². The van der Waals surface area contributed by atoms with Gasteiger partial charge in [-0.05, 0) is 45.7 Å². The molecule has 3 rings (SSSR count). The molecule has 1 saturated heterocycles. The maximum atomic E-state index is 12.8. The standard InChI is InChI=1S/C21H27N3O5/c1-21(2,3)29-18(26)8-5-11-22-15-7-4-6-13-14(15)12-24(20(13)28)16-9-10-17(25)23-19(16)27/h4,6-7,16,22H,5,8-12H2,1-3H3,(H,23,25,27). The van der Waals surface area contributed by atoms with Crippen molar-refractivity contribution in [1.29, 1.82) is 0 Å². The van der Waals surface area contributed by atoms with Gasteiger partial charge in [-0.1, -0.05) is 6.07 Å². The average molecular weight is 401 g/mol. The summed E-state index contributed by atoms with van der Waals surface area (Å²) in [6.45, 7) is 6.38. The maximum Gasteiger partial charge on any atom is 0.306 e. The van der Waals surface area contributed by atoms with Gasteiger partial charge in [0.2, 0.25) is 11.8 Å². The molecule has 0 aliphatic carbocycles. The van der Waals surface area contributed by atoms with Crippen LogP contribution in [0, 0.1) is 0 Å². The van der Waals surface area contributed by atoms with Crippen molar-refractivity contribution < 1.29 is 23.9 Å². The highest BCUT2D eigenvalue weighted by Crippen LogP contribution is 2.32. The summed E-state index contributed by atoms with van der Waals surface area (Å²) in [5.74, 6) is -1.17. The molecule has 156 valence electrons. The van der Waals surface area contributed by atoms with Crippen molar-refractivity contribution in [1.82, 2.24) is 10.2 Å². The number of nitrogens with zero attached hydrogens (tertiary/aromatic N) is 1. The number of hydrogen-bond acceptors (Lipinski definition) is 6. The van der Waals surface area contributed by atoms with E-state index in [1.54, 1.807) is 12.1 Å². The smallest absolute Gasteiger partial charge is 0.306 e. The molecule has 2 heterocycles. The van der Waals surface area contributed by atoms with Crippen LogP contribution in [0.15, 0.2) is 18.2 Å². The highest BCUT2D eigenvalue weighted by atomic mass is 16.6. The fraction of sp³-hybridized carbons (Fsp3) is 0.524. The van der Waals surface area contributed by atoms with Crippen LogP contribution >= 0.6 is 0 Å². The Bertz CT molecular complexity index is 843. The molecular weight excluding hydrogens is 374 g/mol. The molecular formula is C21H27N3O5. The number of piperidine rings is 1. The maximum absolute atomic E-state index is 12.8. The molecule has 8 heteroatoms. The van der Waals surface area contributed by atoms with Crippen molar-refractivity contribution in [2.45, 2.75) is 64.6 Å². The fourth-order valence-electron chi connectivity index (χ4n) is 3.60. The van der Waals surface area contributed by atoms with Gasteiger partial charge in [0.1, 0.15) is 11.6 Å². The molecule has 1 aromatic rings. The number of carbonyl (C=O) groups is 4. The first-order valence-electron chi connectivity index (χ1n) is 9.88. The van der Waals surface area contributed by atoms with Crippen LogP contribution in [0.25, 0.3) is 0 Å². The van der Waals surface area contributed by atoms with E-state index in [2.05, 4.69) is 10.6 Å². The minimum absolute atomic E-state index is 0.202. The zero-order chi connectivity index (χ0) is 21.2. The van der Waals surface area contributed by atoms with Crippen molar-refractivity contribution >= 4 is 29.4 Å². The van der Waals surface area contributed by atoms with Crippen LogP contribution in [0.2, 0.25) is 0 Å². The third kappa shape index (κ3) is 4.93. The number of anilines is 1. The lowest BCUT2D eigenvalue weighted by Crippen LogP contribution is -2.52. The monoisotopic (exact) mass is 401 g/mol. The topological polar surface area (TPSA) is 105 Å².